The summed E-state index contributed by atoms with van der Waals surface area (Å²) in [5.41, 5.74) is 2.22. The van der Waals surface area contributed by atoms with Gasteiger partial charge in [0.25, 0.3) is 0 Å². The molecule has 124 valence electrons. The van der Waals surface area contributed by atoms with Crippen LogP contribution in [0.1, 0.15) is 28.1 Å². The average molecular weight is 332 g/mol. The first-order valence-electron chi connectivity index (χ1n) is 7.70. The zero-order chi connectivity index (χ0) is 16.7. The summed E-state index contributed by atoms with van der Waals surface area (Å²) >= 11 is 1.72. The van der Waals surface area contributed by atoms with Crippen molar-refractivity contribution in [3.63, 3.8) is 0 Å². The molecule has 0 amide bonds. The van der Waals surface area contributed by atoms with Gasteiger partial charge in [-0.3, -0.25) is 0 Å². The number of ether oxygens (including phenoxy) is 1. The van der Waals surface area contributed by atoms with E-state index >= 15 is 0 Å². The summed E-state index contributed by atoms with van der Waals surface area (Å²) in [6.07, 6.45) is 0. The predicted molar refractivity (Wildman–Crippen MR) is 96.2 cm³/mol. The molecule has 0 unspecified atom stereocenters. The Morgan fingerprint density at radius 2 is 2.13 bits per heavy atom. The van der Waals surface area contributed by atoms with Gasteiger partial charge in [-0.05, 0) is 38.5 Å². The minimum absolute atomic E-state index is 0.600. The van der Waals surface area contributed by atoms with E-state index in [1.807, 2.05) is 31.2 Å². The van der Waals surface area contributed by atoms with E-state index in [1.54, 1.807) is 18.4 Å². The van der Waals surface area contributed by atoms with Crippen LogP contribution in [0.3, 0.4) is 0 Å². The zero-order valence-corrected chi connectivity index (χ0v) is 15.0. The quantitative estimate of drug-likeness (QED) is 0.631. The molecule has 2 rings (SSSR count). The Morgan fingerprint density at radius 3 is 2.78 bits per heavy atom. The van der Waals surface area contributed by atoms with Crippen LogP contribution in [0, 0.1) is 13.8 Å². The maximum Gasteiger partial charge on any atom is 0.191 e. The first-order valence-corrected chi connectivity index (χ1v) is 8.52. The zero-order valence-electron chi connectivity index (χ0n) is 14.1. The lowest BCUT2D eigenvalue weighted by atomic mass is 10.2. The first-order chi connectivity index (χ1) is 11.1. The summed E-state index contributed by atoms with van der Waals surface area (Å²) in [4.78, 5) is 10.4. The first kappa shape index (κ1) is 17.3. The number of nitrogens with one attached hydrogen (secondary N) is 2. The number of benzene rings is 1. The molecule has 1 aromatic carbocycles. The summed E-state index contributed by atoms with van der Waals surface area (Å²) in [5, 5.41) is 7.67. The van der Waals surface area contributed by atoms with Gasteiger partial charge in [0, 0.05) is 11.4 Å². The molecule has 2 N–H and O–H groups in total. The number of nitrogens with zero attached hydrogens (tertiary/aromatic N) is 2. The smallest absolute Gasteiger partial charge is 0.191 e. The van der Waals surface area contributed by atoms with E-state index < -0.39 is 0 Å². The Kier molecular flexibility index (Phi) is 6.40. The normalized spacial score (nSPS) is 11.4. The molecule has 5 nitrogen and oxygen atoms in total. The van der Waals surface area contributed by atoms with Gasteiger partial charge >= 0.3 is 0 Å². The average Bonchev–Trinajstić information content (AvgIpc) is 2.88. The summed E-state index contributed by atoms with van der Waals surface area (Å²) in [5.74, 6) is 1.64. The van der Waals surface area contributed by atoms with Crippen LogP contribution in [0.5, 0.6) is 5.75 Å². The molecule has 0 saturated heterocycles. The van der Waals surface area contributed by atoms with Crippen molar-refractivity contribution in [1.29, 1.82) is 0 Å². The molecule has 6 heteroatoms. The number of methoxy groups -OCH3 is 1. The van der Waals surface area contributed by atoms with E-state index in [9.17, 15) is 0 Å². The van der Waals surface area contributed by atoms with E-state index in [-0.39, 0.29) is 0 Å². The molecule has 0 spiro atoms. The Balaban J connectivity index is 1.98. The van der Waals surface area contributed by atoms with Gasteiger partial charge in [-0.2, -0.15) is 0 Å². The molecular formula is C17H24N4OS. The van der Waals surface area contributed by atoms with Crippen molar-refractivity contribution < 1.29 is 4.74 Å². The van der Waals surface area contributed by atoms with Gasteiger partial charge in [-0.1, -0.05) is 12.1 Å². The van der Waals surface area contributed by atoms with Crippen molar-refractivity contribution in [3.8, 4) is 5.75 Å². The summed E-state index contributed by atoms with van der Waals surface area (Å²) < 4.78 is 5.24. The molecule has 0 bridgehead atoms. The van der Waals surface area contributed by atoms with E-state index in [2.05, 4.69) is 34.5 Å². The van der Waals surface area contributed by atoms with Crippen LogP contribution >= 0.6 is 11.3 Å². The molecule has 1 aromatic heterocycles. The SMILES string of the molecule is CCNC(=NCc1cccc(OC)c1)NCc1nc(C)c(C)s1. The molecule has 0 saturated carbocycles. The third-order valence-corrected chi connectivity index (χ3v) is 4.45. The highest BCUT2D eigenvalue weighted by Crippen LogP contribution is 2.16. The molecule has 2 aromatic rings. The molecular weight excluding hydrogens is 308 g/mol. The second-order valence-electron chi connectivity index (χ2n) is 5.15. The van der Waals surface area contributed by atoms with Gasteiger partial charge in [0.2, 0.25) is 0 Å². The van der Waals surface area contributed by atoms with Crippen LogP contribution < -0.4 is 15.4 Å². The van der Waals surface area contributed by atoms with E-state index in [0.717, 1.165) is 34.5 Å². The summed E-state index contributed by atoms with van der Waals surface area (Å²) in [6.45, 7) is 8.29. The van der Waals surface area contributed by atoms with Crippen molar-refractivity contribution in [2.45, 2.75) is 33.9 Å². The van der Waals surface area contributed by atoms with Crippen LogP contribution in [-0.4, -0.2) is 24.6 Å². The molecule has 0 atom stereocenters. The molecule has 0 aliphatic carbocycles. The minimum atomic E-state index is 0.600. The Bertz CT molecular complexity index is 647. The van der Waals surface area contributed by atoms with Crippen LogP contribution in [0.4, 0.5) is 0 Å². The number of hydrogen-bond acceptors (Lipinski definition) is 4. The third kappa shape index (κ3) is 5.25. The van der Waals surface area contributed by atoms with Crippen molar-refractivity contribution in [2.75, 3.05) is 13.7 Å². The van der Waals surface area contributed by atoms with Crippen molar-refractivity contribution in [1.82, 2.24) is 15.6 Å². The second kappa shape index (κ2) is 8.53. The van der Waals surface area contributed by atoms with E-state index in [1.165, 1.54) is 4.88 Å². The fourth-order valence-corrected chi connectivity index (χ4v) is 2.93. The number of rotatable bonds is 6. The lowest BCUT2D eigenvalue weighted by molar-refractivity contribution is 0.414. The fraction of sp³-hybridized carbons (Fsp3) is 0.412. The standard InChI is InChI=1S/C17H24N4OS/c1-5-18-17(20-11-16-21-12(2)13(3)23-16)19-10-14-7-6-8-15(9-14)22-4/h6-9H,5,10-11H2,1-4H3,(H2,18,19,20). The Morgan fingerprint density at radius 1 is 1.30 bits per heavy atom. The van der Waals surface area contributed by atoms with Crippen molar-refractivity contribution in [3.05, 3.63) is 45.4 Å². The van der Waals surface area contributed by atoms with Crippen LogP contribution in [0.15, 0.2) is 29.3 Å². The maximum absolute atomic E-state index is 5.24. The van der Waals surface area contributed by atoms with Gasteiger partial charge in [-0.15, -0.1) is 11.3 Å². The molecule has 1 heterocycles. The fourth-order valence-electron chi connectivity index (χ4n) is 2.06. The van der Waals surface area contributed by atoms with Gasteiger partial charge in [0.1, 0.15) is 10.8 Å². The van der Waals surface area contributed by atoms with Gasteiger partial charge in [0.15, 0.2) is 5.96 Å². The van der Waals surface area contributed by atoms with Crippen LogP contribution in [0.25, 0.3) is 0 Å². The lowest BCUT2D eigenvalue weighted by Gasteiger charge is -2.10. The molecule has 0 radical (unpaired) electrons. The highest BCUT2D eigenvalue weighted by Gasteiger charge is 2.05. The van der Waals surface area contributed by atoms with Crippen LogP contribution in [0.2, 0.25) is 0 Å². The highest BCUT2D eigenvalue weighted by atomic mass is 32.1. The van der Waals surface area contributed by atoms with Crippen molar-refractivity contribution in [2.24, 2.45) is 4.99 Å². The minimum Gasteiger partial charge on any atom is -0.497 e. The molecule has 0 aliphatic heterocycles. The van der Waals surface area contributed by atoms with Gasteiger partial charge < -0.3 is 15.4 Å². The van der Waals surface area contributed by atoms with E-state index in [0.29, 0.717) is 13.1 Å². The van der Waals surface area contributed by atoms with Gasteiger partial charge in [0.05, 0.1) is 25.9 Å². The highest BCUT2D eigenvalue weighted by molar-refractivity contribution is 7.11. The van der Waals surface area contributed by atoms with Crippen molar-refractivity contribution >= 4 is 17.3 Å². The number of guanidine groups is 1. The largest absolute Gasteiger partial charge is 0.497 e. The monoisotopic (exact) mass is 332 g/mol. The Hall–Kier alpha value is -2.08. The molecule has 23 heavy (non-hydrogen) atoms. The third-order valence-electron chi connectivity index (χ3n) is 3.38. The summed E-state index contributed by atoms with van der Waals surface area (Å²) in [6, 6.07) is 7.96. The van der Waals surface area contributed by atoms with E-state index in [4.69, 9.17) is 4.74 Å². The Labute approximate surface area is 141 Å². The molecule has 0 aliphatic rings. The molecule has 0 fully saturated rings. The number of aryl methyl sites for hydroxylation is 2. The maximum atomic E-state index is 5.24. The van der Waals surface area contributed by atoms with Gasteiger partial charge in [-0.25, -0.2) is 9.98 Å². The number of aromatic nitrogens is 1. The number of hydrogen-bond donors (Lipinski definition) is 2. The van der Waals surface area contributed by atoms with Crippen LogP contribution in [-0.2, 0) is 13.1 Å². The summed E-state index contributed by atoms with van der Waals surface area (Å²) in [7, 11) is 1.67. The topological polar surface area (TPSA) is 58.5 Å². The number of aliphatic imine (C=N–C) groups is 1. The lowest BCUT2D eigenvalue weighted by Crippen LogP contribution is -2.36. The second-order valence-corrected chi connectivity index (χ2v) is 6.44. The predicted octanol–water partition coefficient (Wildman–Crippen LogP) is 3.02. The number of thiazole rings is 1.